The van der Waals surface area contributed by atoms with Crippen LogP contribution >= 0.6 is 0 Å². The number of terminal acetylenes is 1. The highest BCUT2D eigenvalue weighted by atomic mass is 16.2. The van der Waals surface area contributed by atoms with E-state index in [4.69, 9.17) is 6.42 Å². The molecule has 0 spiro atoms. The molecule has 0 unspecified atom stereocenters. The summed E-state index contributed by atoms with van der Waals surface area (Å²) in [6, 6.07) is 18.8. The maximum absolute atomic E-state index is 12.7. The van der Waals surface area contributed by atoms with Crippen molar-refractivity contribution >= 4 is 5.91 Å². The van der Waals surface area contributed by atoms with Crippen molar-refractivity contribution in [1.29, 1.82) is 0 Å². The first kappa shape index (κ1) is 15.4. The average molecular weight is 303 g/mol. The van der Waals surface area contributed by atoms with E-state index in [2.05, 4.69) is 36.3 Å². The molecule has 1 atom stereocenters. The second-order valence-corrected chi connectivity index (χ2v) is 5.98. The highest BCUT2D eigenvalue weighted by molar-refractivity contribution is 5.77. The van der Waals surface area contributed by atoms with Crippen LogP contribution in [0.5, 0.6) is 0 Å². The third kappa shape index (κ3) is 3.46. The van der Waals surface area contributed by atoms with Crippen molar-refractivity contribution in [3.63, 3.8) is 0 Å². The maximum Gasteiger partial charge on any atom is 0.223 e. The number of fused-ring (bicyclic) bond motifs is 1. The van der Waals surface area contributed by atoms with Gasteiger partial charge in [-0.25, -0.2) is 0 Å². The molecule has 1 amide bonds. The van der Waals surface area contributed by atoms with Gasteiger partial charge >= 0.3 is 0 Å². The van der Waals surface area contributed by atoms with E-state index in [1.165, 1.54) is 16.7 Å². The molecule has 2 aromatic carbocycles. The van der Waals surface area contributed by atoms with Crippen molar-refractivity contribution < 1.29 is 4.79 Å². The summed E-state index contributed by atoms with van der Waals surface area (Å²) in [4.78, 5) is 14.7. The molecule has 0 saturated carbocycles. The molecular formula is C21H21NO. The Morgan fingerprint density at radius 2 is 1.78 bits per heavy atom. The van der Waals surface area contributed by atoms with E-state index in [1.54, 1.807) is 0 Å². The minimum absolute atomic E-state index is 0.115. The van der Waals surface area contributed by atoms with Crippen molar-refractivity contribution in [3.8, 4) is 12.3 Å². The fourth-order valence-electron chi connectivity index (χ4n) is 3.24. The van der Waals surface area contributed by atoms with Gasteiger partial charge in [0.2, 0.25) is 5.91 Å². The Morgan fingerprint density at radius 1 is 1.09 bits per heavy atom. The van der Waals surface area contributed by atoms with Crippen LogP contribution in [0, 0.1) is 12.3 Å². The van der Waals surface area contributed by atoms with Crippen molar-refractivity contribution in [2.45, 2.75) is 38.3 Å². The average Bonchev–Trinajstić information content (AvgIpc) is 2.61. The topological polar surface area (TPSA) is 20.3 Å². The summed E-state index contributed by atoms with van der Waals surface area (Å²) in [5.74, 6) is 2.81. The second kappa shape index (κ2) is 7.15. The number of rotatable bonds is 4. The zero-order valence-corrected chi connectivity index (χ0v) is 13.2. The third-order valence-corrected chi connectivity index (χ3v) is 4.47. The van der Waals surface area contributed by atoms with Gasteiger partial charge in [-0.2, -0.15) is 0 Å². The van der Waals surface area contributed by atoms with Crippen LogP contribution in [0.25, 0.3) is 0 Å². The lowest BCUT2D eigenvalue weighted by molar-refractivity contribution is -0.135. The lowest BCUT2D eigenvalue weighted by Crippen LogP contribution is -2.38. The number of nitrogens with zero attached hydrogens (tertiary/aromatic N) is 1. The molecule has 1 aliphatic heterocycles. The molecule has 3 rings (SSSR count). The van der Waals surface area contributed by atoms with E-state index in [-0.39, 0.29) is 11.9 Å². The SMILES string of the molecule is C#CCCCC(=O)N1Cc2ccccc2C[C@@H]1c1ccccc1. The highest BCUT2D eigenvalue weighted by Crippen LogP contribution is 2.33. The fraction of sp³-hybridized carbons (Fsp3) is 0.286. The largest absolute Gasteiger partial charge is 0.331 e. The van der Waals surface area contributed by atoms with Crippen LogP contribution in [0.2, 0.25) is 0 Å². The number of carbonyl (C=O) groups excluding carboxylic acids is 1. The van der Waals surface area contributed by atoms with E-state index in [0.717, 1.165) is 12.8 Å². The molecule has 1 heterocycles. The number of hydrogen-bond donors (Lipinski definition) is 0. The normalized spacial score (nSPS) is 16.5. The zero-order chi connectivity index (χ0) is 16.1. The Balaban J connectivity index is 1.87. The first-order chi connectivity index (χ1) is 11.3. The predicted molar refractivity (Wildman–Crippen MR) is 92.6 cm³/mol. The van der Waals surface area contributed by atoms with Crippen molar-refractivity contribution in [3.05, 3.63) is 71.3 Å². The molecule has 0 aromatic heterocycles. The lowest BCUT2D eigenvalue weighted by Gasteiger charge is -2.37. The summed E-state index contributed by atoms with van der Waals surface area (Å²) in [6.07, 6.45) is 8.12. The Morgan fingerprint density at radius 3 is 2.52 bits per heavy atom. The highest BCUT2D eigenvalue weighted by Gasteiger charge is 2.30. The van der Waals surface area contributed by atoms with Crippen LogP contribution in [0.15, 0.2) is 54.6 Å². The monoisotopic (exact) mass is 303 g/mol. The molecule has 0 radical (unpaired) electrons. The summed E-state index contributed by atoms with van der Waals surface area (Å²) in [5, 5.41) is 0. The lowest BCUT2D eigenvalue weighted by atomic mass is 9.89. The molecule has 2 aromatic rings. The minimum atomic E-state index is 0.115. The predicted octanol–water partition coefficient (Wildman–Crippen LogP) is 4.12. The van der Waals surface area contributed by atoms with Crippen LogP contribution in [0.4, 0.5) is 0 Å². The van der Waals surface area contributed by atoms with E-state index >= 15 is 0 Å². The molecular weight excluding hydrogens is 282 g/mol. The quantitative estimate of drug-likeness (QED) is 0.614. The van der Waals surface area contributed by atoms with Crippen molar-refractivity contribution in [2.24, 2.45) is 0 Å². The van der Waals surface area contributed by atoms with Crippen LogP contribution in [0.1, 0.15) is 42.0 Å². The molecule has 23 heavy (non-hydrogen) atoms. The van der Waals surface area contributed by atoms with Crippen LogP contribution in [0.3, 0.4) is 0 Å². The van der Waals surface area contributed by atoms with Gasteiger partial charge in [0.05, 0.1) is 6.04 Å². The molecule has 0 saturated heterocycles. The van der Waals surface area contributed by atoms with Crippen LogP contribution in [-0.4, -0.2) is 10.8 Å². The van der Waals surface area contributed by atoms with Gasteiger partial charge in [-0.05, 0) is 29.5 Å². The number of unbranched alkanes of at least 4 members (excludes halogenated alkanes) is 1. The molecule has 2 heteroatoms. The number of carbonyl (C=O) groups is 1. The molecule has 1 aliphatic rings. The first-order valence-corrected chi connectivity index (χ1v) is 8.14. The van der Waals surface area contributed by atoms with Crippen LogP contribution in [-0.2, 0) is 17.8 Å². The van der Waals surface area contributed by atoms with E-state index in [9.17, 15) is 4.79 Å². The van der Waals surface area contributed by atoms with Gasteiger partial charge < -0.3 is 4.90 Å². The number of amides is 1. The summed E-state index contributed by atoms with van der Waals surface area (Å²) in [7, 11) is 0. The minimum Gasteiger partial charge on any atom is -0.331 e. The smallest absolute Gasteiger partial charge is 0.223 e. The maximum atomic E-state index is 12.7. The fourth-order valence-corrected chi connectivity index (χ4v) is 3.24. The Hall–Kier alpha value is -2.53. The summed E-state index contributed by atoms with van der Waals surface area (Å²) in [5.41, 5.74) is 3.80. The first-order valence-electron chi connectivity index (χ1n) is 8.14. The molecule has 0 N–H and O–H groups in total. The molecule has 0 fully saturated rings. The van der Waals surface area contributed by atoms with Crippen molar-refractivity contribution in [1.82, 2.24) is 4.90 Å². The Labute approximate surface area is 138 Å². The third-order valence-electron chi connectivity index (χ3n) is 4.47. The van der Waals surface area contributed by atoms with Gasteiger partial charge in [0, 0.05) is 19.4 Å². The molecule has 2 nitrogen and oxygen atoms in total. The van der Waals surface area contributed by atoms with Gasteiger partial charge in [-0.3, -0.25) is 4.79 Å². The van der Waals surface area contributed by atoms with Gasteiger partial charge in [0.15, 0.2) is 0 Å². The van der Waals surface area contributed by atoms with Gasteiger partial charge in [-0.15, -0.1) is 12.3 Å². The van der Waals surface area contributed by atoms with Gasteiger partial charge in [-0.1, -0.05) is 54.6 Å². The standard InChI is InChI=1S/C21H21NO/c1-2-3-5-14-21(23)22-16-19-13-9-8-12-18(19)15-20(22)17-10-6-4-7-11-17/h1,4,6-13,20H,3,5,14-16H2/t20-/m1/s1. The molecule has 0 bridgehead atoms. The summed E-state index contributed by atoms with van der Waals surface area (Å²) in [6.45, 7) is 0.685. The van der Waals surface area contributed by atoms with Crippen molar-refractivity contribution in [2.75, 3.05) is 0 Å². The Kier molecular flexibility index (Phi) is 4.78. The zero-order valence-electron chi connectivity index (χ0n) is 13.2. The molecule has 116 valence electrons. The summed E-state index contributed by atoms with van der Waals surface area (Å²) < 4.78 is 0. The number of benzene rings is 2. The van der Waals surface area contributed by atoms with E-state index in [0.29, 0.717) is 19.4 Å². The number of hydrogen-bond acceptors (Lipinski definition) is 1. The van der Waals surface area contributed by atoms with E-state index < -0.39 is 0 Å². The second-order valence-electron chi connectivity index (χ2n) is 5.98. The van der Waals surface area contributed by atoms with Crippen LogP contribution < -0.4 is 0 Å². The van der Waals surface area contributed by atoms with Gasteiger partial charge in [0.25, 0.3) is 0 Å². The Bertz CT molecular complexity index is 714. The summed E-state index contributed by atoms with van der Waals surface area (Å²) >= 11 is 0. The molecule has 0 aliphatic carbocycles. The van der Waals surface area contributed by atoms with Gasteiger partial charge in [0.1, 0.15) is 0 Å². The van der Waals surface area contributed by atoms with E-state index in [1.807, 2.05) is 29.2 Å².